The average molecular weight is 825 g/mol. The smallest absolute Gasteiger partial charge is 0.320 e. The Bertz CT molecular complexity index is 2280. The monoisotopic (exact) mass is 823 g/mol. The summed E-state index contributed by atoms with van der Waals surface area (Å²) in [5.74, 6) is 0. The van der Waals surface area contributed by atoms with Gasteiger partial charge in [-0.05, 0) is 71.5 Å². The molecule has 1 N–H and O–H groups in total. The second-order valence-corrected chi connectivity index (χ2v) is 16.9. The van der Waals surface area contributed by atoms with Crippen molar-refractivity contribution in [3.63, 3.8) is 0 Å². The summed E-state index contributed by atoms with van der Waals surface area (Å²) < 4.78 is 0. The quantitative estimate of drug-likeness (QED) is 0.166. The molecule has 2 heterocycles. The lowest BCUT2D eigenvalue weighted by molar-refractivity contribution is 0.0776. The van der Waals surface area contributed by atoms with Gasteiger partial charge in [0.2, 0.25) is 0 Å². The molecule has 8 rings (SSSR count). The Hall–Kier alpha value is -4.95. The maximum Gasteiger partial charge on any atom is 0.320 e. The Kier molecular flexibility index (Phi) is 14.2. The number of piperazine rings is 2. The number of benzene rings is 6. The largest absolute Gasteiger partial charge is 0.331 e. The van der Waals surface area contributed by atoms with Crippen molar-refractivity contribution in [1.29, 1.82) is 0 Å². The molecule has 6 aromatic rings. The van der Waals surface area contributed by atoms with Crippen LogP contribution in [-0.4, -0.2) is 79.0 Å². The van der Waals surface area contributed by atoms with Crippen LogP contribution < -0.4 is 5.32 Å². The number of nitrogens with one attached hydrogen (secondary N) is 1. The third-order valence-corrected chi connectivity index (χ3v) is 12.0. The SMILES string of the molecule is Cc1ccc(Cl)c(-c2ccc(CN3CCN(C(=O)N(C)C)C(c4ccccc4)C3)cc2)c1.Cc1ccc(Cl)c(-c2ccc(CN3CCNC(c4ccccc4)C3)cc2)c1. The lowest BCUT2D eigenvalue weighted by atomic mass is 10.0. The van der Waals surface area contributed by atoms with Crippen molar-refractivity contribution in [1.82, 2.24) is 24.9 Å². The predicted octanol–water partition coefficient (Wildman–Crippen LogP) is 11.3. The molecule has 6 nitrogen and oxygen atoms in total. The first-order valence-corrected chi connectivity index (χ1v) is 21.3. The van der Waals surface area contributed by atoms with Gasteiger partial charge < -0.3 is 15.1 Å². The van der Waals surface area contributed by atoms with Crippen LogP contribution in [0.5, 0.6) is 0 Å². The van der Waals surface area contributed by atoms with Crippen molar-refractivity contribution in [2.45, 2.75) is 39.0 Å². The molecule has 2 aliphatic heterocycles. The van der Waals surface area contributed by atoms with Crippen LogP contribution in [0.3, 0.4) is 0 Å². The minimum absolute atomic E-state index is 0.0465. The van der Waals surface area contributed by atoms with Crippen LogP contribution in [0.15, 0.2) is 146 Å². The zero-order valence-corrected chi connectivity index (χ0v) is 36.1. The molecule has 0 aromatic heterocycles. The van der Waals surface area contributed by atoms with E-state index in [4.69, 9.17) is 23.2 Å². The lowest BCUT2D eigenvalue weighted by Gasteiger charge is -2.42. The number of hydrogen-bond acceptors (Lipinski definition) is 4. The molecule has 2 amide bonds. The standard InChI is InChI=1S/C27H30ClN3O.C24H25ClN2/c1-20-9-14-25(28)24(17-20)22-12-10-21(11-13-22)18-30-15-16-31(27(32)29(2)3)26(19-30)23-7-5-4-6-8-23;1-18-7-12-23(25)22(15-18)20-10-8-19(9-11-20)16-27-14-13-26-24(17-27)21-5-3-2-4-6-21/h4-14,17,26H,15-16,18-19H2,1-3H3;2-12,15,24,26H,13-14,16-17H2,1H3. The van der Waals surface area contributed by atoms with Gasteiger partial charge in [-0.2, -0.15) is 0 Å². The van der Waals surface area contributed by atoms with Gasteiger partial charge in [0.25, 0.3) is 0 Å². The van der Waals surface area contributed by atoms with Gasteiger partial charge >= 0.3 is 6.03 Å². The van der Waals surface area contributed by atoms with E-state index in [0.29, 0.717) is 12.6 Å². The van der Waals surface area contributed by atoms with Crippen molar-refractivity contribution in [3.05, 3.63) is 189 Å². The van der Waals surface area contributed by atoms with E-state index in [0.717, 1.165) is 72.5 Å². The van der Waals surface area contributed by atoms with Crippen LogP contribution >= 0.6 is 23.2 Å². The fraction of sp³-hybridized carbons (Fsp3) is 0.275. The van der Waals surface area contributed by atoms with Crippen molar-refractivity contribution in [3.8, 4) is 22.3 Å². The Labute approximate surface area is 361 Å². The summed E-state index contributed by atoms with van der Waals surface area (Å²) in [5, 5.41) is 5.22. The number of rotatable bonds is 8. The fourth-order valence-corrected chi connectivity index (χ4v) is 8.56. The minimum atomic E-state index is 0.0465. The highest BCUT2D eigenvalue weighted by Gasteiger charge is 2.32. The summed E-state index contributed by atoms with van der Waals surface area (Å²) in [5.41, 5.74) is 12.1. The van der Waals surface area contributed by atoms with E-state index in [1.165, 1.54) is 38.9 Å². The van der Waals surface area contributed by atoms with E-state index in [1.807, 2.05) is 61.5 Å². The Morgan fingerprint density at radius 1 is 0.610 bits per heavy atom. The van der Waals surface area contributed by atoms with Crippen LogP contribution in [0.25, 0.3) is 22.3 Å². The van der Waals surface area contributed by atoms with Crippen molar-refractivity contribution in [2.75, 3.05) is 53.4 Å². The van der Waals surface area contributed by atoms with Gasteiger partial charge in [-0.1, -0.05) is 156 Å². The lowest BCUT2D eigenvalue weighted by Crippen LogP contribution is -2.52. The molecule has 2 fully saturated rings. The summed E-state index contributed by atoms with van der Waals surface area (Å²) in [7, 11) is 3.64. The summed E-state index contributed by atoms with van der Waals surface area (Å²) >= 11 is 12.8. The molecule has 2 unspecified atom stereocenters. The number of carbonyl (C=O) groups excluding carboxylic acids is 1. The van der Waals surface area contributed by atoms with Crippen LogP contribution in [0.1, 0.15) is 45.5 Å². The molecule has 0 spiro atoms. The summed E-state index contributed by atoms with van der Waals surface area (Å²) in [6.45, 7) is 11.5. The highest BCUT2D eigenvalue weighted by molar-refractivity contribution is 6.33. The maximum absolute atomic E-state index is 12.8. The Morgan fingerprint density at radius 2 is 1.10 bits per heavy atom. The number of halogens is 2. The Morgan fingerprint density at radius 3 is 1.61 bits per heavy atom. The first kappa shape index (κ1) is 42.2. The molecule has 8 heteroatoms. The molecule has 2 saturated heterocycles. The van der Waals surface area contributed by atoms with E-state index >= 15 is 0 Å². The summed E-state index contributed by atoms with van der Waals surface area (Å²) in [6.07, 6.45) is 0. The molecular formula is C51H55Cl2N5O. The predicted molar refractivity (Wildman–Crippen MR) is 246 cm³/mol. The maximum atomic E-state index is 12.8. The number of aryl methyl sites for hydroxylation is 2. The molecule has 0 bridgehead atoms. The number of carbonyl (C=O) groups is 1. The number of urea groups is 1. The van der Waals surface area contributed by atoms with Crippen molar-refractivity contribution < 1.29 is 4.79 Å². The van der Waals surface area contributed by atoms with E-state index in [9.17, 15) is 4.79 Å². The fourth-order valence-electron chi connectivity index (χ4n) is 8.11. The van der Waals surface area contributed by atoms with Crippen LogP contribution in [-0.2, 0) is 13.1 Å². The third kappa shape index (κ3) is 11.0. The average Bonchev–Trinajstić information content (AvgIpc) is 3.26. The summed E-state index contributed by atoms with van der Waals surface area (Å²) in [6, 6.07) is 51.4. The van der Waals surface area contributed by atoms with Gasteiger partial charge in [0, 0.05) is 93.7 Å². The molecule has 0 radical (unpaired) electrons. The van der Waals surface area contributed by atoms with Crippen LogP contribution in [0.4, 0.5) is 4.79 Å². The highest BCUT2D eigenvalue weighted by Crippen LogP contribution is 2.32. The number of hydrogen-bond donors (Lipinski definition) is 1. The topological polar surface area (TPSA) is 42.1 Å². The van der Waals surface area contributed by atoms with Crippen LogP contribution in [0.2, 0.25) is 10.0 Å². The number of amides is 2. The second kappa shape index (κ2) is 19.9. The van der Waals surface area contributed by atoms with E-state index in [2.05, 4.69) is 132 Å². The summed E-state index contributed by atoms with van der Waals surface area (Å²) in [4.78, 5) is 21.4. The molecule has 0 saturated carbocycles. The van der Waals surface area contributed by atoms with Gasteiger partial charge in [0.1, 0.15) is 0 Å². The first-order chi connectivity index (χ1) is 28.6. The van der Waals surface area contributed by atoms with Gasteiger partial charge in [-0.3, -0.25) is 9.80 Å². The molecule has 59 heavy (non-hydrogen) atoms. The zero-order valence-electron chi connectivity index (χ0n) is 34.6. The highest BCUT2D eigenvalue weighted by atomic mass is 35.5. The Balaban J connectivity index is 0.000000181. The minimum Gasteiger partial charge on any atom is -0.331 e. The molecule has 2 atom stereocenters. The third-order valence-electron chi connectivity index (χ3n) is 11.3. The van der Waals surface area contributed by atoms with E-state index in [1.54, 1.807) is 4.90 Å². The molecule has 0 aliphatic carbocycles. The zero-order chi connectivity index (χ0) is 41.3. The van der Waals surface area contributed by atoms with Crippen LogP contribution in [0, 0.1) is 13.8 Å². The van der Waals surface area contributed by atoms with Gasteiger partial charge in [-0.25, -0.2) is 4.79 Å². The van der Waals surface area contributed by atoms with Gasteiger partial charge in [-0.15, -0.1) is 0 Å². The van der Waals surface area contributed by atoms with Gasteiger partial charge in [0.05, 0.1) is 6.04 Å². The molecule has 304 valence electrons. The molecule has 6 aromatic carbocycles. The van der Waals surface area contributed by atoms with Crippen molar-refractivity contribution >= 4 is 29.2 Å². The van der Waals surface area contributed by atoms with E-state index in [-0.39, 0.29) is 12.1 Å². The molecular weight excluding hydrogens is 770 g/mol. The second-order valence-electron chi connectivity index (χ2n) is 16.0. The van der Waals surface area contributed by atoms with Crippen molar-refractivity contribution in [2.24, 2.45) is 0 Å². The first-order valence-electron chi connectivity index (χ1n) is 20.6. The normalized spacial score (nSPS) is 17.2. The van der Waals surface area contributed by atoms with E-state index < -0.39 is 0 Å². The number of nitrogens with zero attached hydrogens (tertiary/aromatic N) is 4. The molecule has 2 aliphatic rings. The van der Waals surface area contributed by atoms with Gasteiger partial charge in [0.15, 0.2) is 0 Å².